The molecule has 0 aliphatic carbocycles. The van der Waals surface area contributed by atoms with Gasteiger partial charge in [0.05, 0.1) is 6.61 Å². The fourth-order valence-electron chi connectivity index (χ4n) is 2.44. The van der Waals surface area contributed by atoms with Crippen LogP contribution in [0.4, 0.5) is 5.82 Å². The molecule has 2 aromatic carbocycles. The highest BCUT2D eigenvalue weighted by molar-refractivity contribution is 5.68. The van der Waals surface area contributed by atoms with Crippen molar-refractivity contribution in [3.63, 3.8) is 0 Å². The van der Waals surface area contributed by atoms with E-state index in [4.69, 9.17) is 16.2 Å². The van der Waals surface area contributed by atoms with E-state index < -0.39 is 0 Å². The quantitative estimate of drug-likeness (QED) is 0.638. The number of nitrogens with two attached hydrogens (primary N) is 2. The first-order chi connectivity index (χ1) is 12.2. The van der Waals surface area contributed by atoms with Gasteiger partial charge in [-0.3, -0.25) is 0 Å². The molecular weight excluding hydrogens is 316 g/mol. The van der Waals surface area contributed by atoms with Crippen LogP contribution in [0.5, 0.6) is 11.5 Å². The predicted octanol–water partition coefficient (Wildman–Crippen LogP) is 2.51. The number of nitrogen functional groups attached to an aromatic ring is 1. The summed E-state index contributed by atoms with van der Waals surface area (Å²) in [6, 6.07) is 16.7. The van der Waals surface area contributed by atoms with Crippen LogP contribution in [0.15, 0.2) is 54.6 Å². The third kappa shape index (κ3) is 4.05. The first-order valence-corrected chi connectivity index (χ1v) is 7.99. The van der Waals surface area contributed by atoms with Crippen molar-refractivity contribution < 1.29 is 9.84 Å². The van der Waals surface area contributed by atoms with Crippen molar-refractivity contribution in [3.05, 3.63) is 65.7 Å². The van der Waals surface area contributed by atoms with E-state index in [0.29, 0.717) is 30.2 Å². The molecule has 1 heterocycles. The number of aromatic hydroxyl groups is 1. The monoisotopic (exact) mass is 336 g/mol. The SMILES string of the molecule is NCc1ccc(CCOc2cc(-c3ccccc3O)nnc2N)cc1. The molecule has 6 nitrogen and oxygen atoms in total. The maximum atomic E-state index is 9.94. The van der Waals surface area contributed by atoms with E-state index in [1.165, 1.54) is 0 Å². The lowest BCUT2D eigenvalue weighted by atomic mass is 10.1. The Bertz CT molecular complexity index is 850. The second-order valence-electron chi connectivity index (χ2n) is 5.62. The average Bonchev–Trinajstić information content (AvgIpc) is 2.64. The smallest absolute Gasteiger partial charge is 0.188 e. The van der Waals surface area contributed by atoms with E-state index in [1.54, 1.807) is 24.3 Å². The fraction of sp³-hybridized carbons (Fsp3) is 0.158. The fourth-order valence-corrected chi connectivity index (χ4v) is 2.44. The summed E-state index contributed by atoms with van der Waals surface area (Å²) in [5.41, 5.74) is 14.8. The first-order valence-electron chi connectivity index (χ1n) is 7.99. The number of hydrogen-bond acceptors (Lipinski definition) is 6. The molecule has 0 atom stereocenters. The molecule has 128 valence electrons. The van der Waals surface area contributed by atoms with Crippen LogP contribution in [-0.4, -0.2) is 21.9 Å². The van der Waals surface area contributed by atoms with E-state index in [9.17, 15) is 5.11 Å². The van der Waals surface area contributed by atoms with E-state index in [-0.39, 0.29) is 11.6 Å². The zero-order chi connectivity index (χ0) is 17.6. The molecular formula is C19H20N4O2. The Hall–Kier alpha value is -3.12. The number of anilines is 1. The molecule has 3 rings (SSSR count). The highest BCUT2D eigenvalue weighted by Crippen LogP contribution is 2.30. The van der Waals surface area contributed by atoms with Crippen LogP contribution in [-0.2, 0) is 13.0 Å². The molecule has 3 aromatic rings. The molecule has 0 spiro atoms. The van der Waals surface area contributed by atoms with E-state index in [2.05, 4.69) is 10.2 Å². The number of phenols is 1. The van der Waals surface area contributed by atoms with Crippen LogP contribution in [0.1, 0.15) is 11.1 Å². The standard InChI is InChI=1S/C19H20N4O2/c20-12-14-7-5-13(6-8-14)9-10-25-18-11-16(22-23-19(18)21)15-3-1-2-4-17(15)24/h1-8,11,24H,9-10,12,20H2,(H2,21,23). The van der Waals surface area contributed by atoms with E-state index >= 15 is 0 Å². The summed E-state index contributed by atoms with van der Waals surface area (Å²) in [4.78, 5) is 0. The lowest BCUT2D eigenvalue weighted by Crippen LogP contribution is -2.06. The van der Waals surface area contributed by atoms with Crippen molar-refractivity contribution in [2.45, 2.75) is 13.0 Å². The number of ether oxygens (including phenoxy) is 1. The topological polar surface area (TPSA) is 107 Å². The second-order valence-corrected chi connectivity index (χ2v) is 5.62. The highest BCUT2D eigenvalue weighted by Gasteiger charge is 2.10. The lowest BCUT2D eigenvalue weighted by Gasteiger charge is -2.10. The van der Waals surface area contributed by atoms with Crippen LogP contribution in [0.3, 0.4) is 0 Å². The summed E-state index contributed by atoms with van der Waals surface area (Å²) in [6.07, 6.45) is 0.735. The molecule has 0 amide bonds. The van der Waals surface area contributed by atoms with Gasteiger partial charge in [0.1, 0.15) is 11.4 Å². The second kappa shape index (κ2) is 7.63. The Morgan fingerprint density at radius 1 is 0.960 bits per heavy atom. The number of rotatable bonds is 6. The van der Waals surface area contributed by atoms with Crippen molar-refractivity contribution in [1.82, 2.24) is 10.2 Å². The van der Waals surface area contributed by atoms with Gasteiger partial charge in [0.2, 0.25) is 0 Å². The van der Waals surface area contributed by atoms with Crippen LogP contribution >= 0.6 is 0 Å². The molecule has 1 aromatic heterocycles. The lowest BCUT2D eigenvalue weighted by molar-refractivity contribution is 0.322. The molecule has 0 fully saturated rings. The summed E-state index contributed by atoms with van der Waals surface area (Å²) in [5.74, 6) is 0.803. The largest absolute Gasteiger partial charge is 0.507 e. The van der Waals surface area contributed by atoms with Crippen molar-refractivity contribution in [1.29, 1.82) is 0 Å². The third-order valence-electron chi connectivity index (χ3n) is 3.87. The molecule has 0 saturated carbocycles. The molecule has 0 bridgehead atoms. The molecule has 25 heavy (non-hydrogen) atoms. The molecule has 0 aliphatic rings. The Labute approximate surface area is 146 Å². The summed E-state index contributed by atoms with van der Waals surface area (Å²) < 4.78 is 5.77. The van der Waals surface area contributed by atoms with Gasteiger partial charge in [-0.05, 0) is 23.3 Å². The number of benzene rings is 2. The molecule has 0 saturated heterocycles. The molecule has 6 heteroatoms. The Morgan fingerprint density at radius 2 is 1.68 bits per heavy atom. The number of nitrogens with zero attached hydrogens (tertiary/aromatic N) is 2. The highest BCUT2D eigenvalue weighted by atomic mass is 16.5. The van der Waals surface area contributed by atoms with Crippen LogP contribution in [0, 0.1) is 0 Å². The molecule has 5 N–H and O–H groups in total. The van der Waals surface area contributed by atoms with Crippen LogP contribution in [0.25, 0.3) is 11.3 Å². The normalized spacial score (nSPS) is 10.6. The summed E-state index contributed by atoms with van der Waals surface area (Å²) >= 11 is 0. The predicted molar refractivity (Wildman–Crippen MR) is 97.1 cm³/mol. The number of hydrogen-bond donors (Lipinski definition) is 3. The Kier molecular flexibility index (Phi) is 5.11. The summed E-state index contributed by atoms with van der Waals surface area (Å²) in [6.45, 7) is 0.989. The van der Waals surface area contributed by atoms with Crippen molar-refractivity contribution in [2.75, 3.05) is 12.3 Å². The minimum Gasteiger partial charge on any atom is -0.507 e. The summed E-state index contributed by atoms with van der Waals surface area (Å²) in [5, 5.41) is 17.9. The number of aromatic nitrogens is 2. The van der Waals surface area contributed by atoms with Gasteiger partial charge in [0.25, 0.3) is 0 Å². The van der Waals surface area contributed by atoms with Gasteiger partial charge >= 0.3 is 0 Å². The minimum absolute atomic E-state index is 0.132. The van der Waals surface area contributed by atoms with Crippen molar-refractivity contribution >= 4 is 5.82 Å². The maximum Gasteiger partial charge on any atom is 0.188 e. The van der Waals surface area contributed by atoms with Gasteiger partial charge < -0.3 is 21.3 Å². The summed E-state index contributed by atoms with van der Waals surface area (Å²) in [7, 11) is 0. The number of phenolic OH excluding ortho intramolecular Hbond substituents is 1. The van der Waals surface area contributed by atoms with E-state index in [1.807, 2.05) is 30.3 Å². The van der Waals surface area contributed by atoms with Gasteiger partial charge in [-0.15, -0.1) is 10.2 Å². The van der Waals surface area contributed by atoms with Crippen LogP contribution in [0.2, 0.25) is 0 Å². The average molecular weight is 336 g/mol. The van der Waals surface area contributed by atoms with Gasteiger partial charge in [-0.2, -0.15) is 0 Å². The number of para-hydroxylation sites is 1. The zero-order valence-electron chi connectivity index (χ0n) is 13.7. The zero-order valence-corrected chi connectivity index (χ0v) is 13.7. The Morgan fingerprint density at radius 3 is 2.40 bits per heavy atom. The van der Waals surface area contributed by atoms with E-state index in [0.717, 1.165) is 17.5 Å². The van der Waals surface area contributed by atoms with Crippen molar-refractivity contribution in [2.24, 2.45) is 5.73 Å². The minimum atomic E-state index is 0.132. The first kappa shape index (κ1) is 16.7. The maximum absolute atomic E-state index is 9.94. The molecule has 0 aliphatic heterocycles. The third-order valence-corrected chi connectivity index (χ3v) is 3.87. The molecule has 0 radical (unpaired) electrons. The Balaban J connectivity index is 1.69. The van der Waals surface area contributed by atoms with Crippen LogP contribution < -0.4 is 16.2 Å². The van der Waals surface area contributed by atoms with Gasteiger partial charge in [0.15, 0.2) is 11.6 Å². The van der Waals surface area contributed by atoms with Gasteiger partial charge in [-0.1, -0.05) is 36.4 Å². The van der Waals surface area contributed by atoms with Gasteiger partial charge in [0, 0.05) is 24.6 Å². The molecule has 0 unspecified atom stereocenters. The van der Waals surface area contributed by atoms with Gasteiger partial charge in [-0.25, -0.2) is 0 Å². The van der Waals surface area contributed by atoms with Crippen molar-refractivity contribution in [3.8, 4) is 22.8 Å².